The van der Waals surface area contributed by atoms with Crippen molar-refractivity contribution in [3.05, 3.63) is 64.7 Å². The van der Waals surface area contributed by atoms with Crippen LogP contribution in [0.1, 0.15) is 47.6 Å². The first-order valence-electron chi connectivity index (χ1n) is 9.06. The van der Waals surface area contributed by atoms with Crippen molar-refractivity contribution < 1.29 is 9.59 Å². The Morgan fingerprint density at radius 2 is 1.85 bits per heavy atom. The highest BCUT2D eigenvalue weighted by Gasteiger charge is 2.20. The molecule has 0 bridgehead atoms. The molecule has 5 heteroatoms. The van der Waals surface area contributed by atoms with Crippen LogP contribution in [0.5, 0.6) is 0 Å². The number of fused-ring (bicyclic) bond motifs is 1. The van der Waals surface area contributed by atoms with E-state index in [1.165, 1.54) is 17.5 Å². The summed E-state index contributed by atoms with van der Waals surface area (Å²) in [5, 5.41) is 5.73. The van der Waals surface area contributed by atoms with Crippen LogP contribution in [0, 0.1) is 6.92 Å². The first-order valence-corrected chi connectivity index (χ1v) is 9.06. The van der Waals surface area contributed by atoms with Crippen LogP contribution in [0.3, 0.4) is 0 Å². The number of urea groups is 1. The van der Waals surface area contributed by atoms with Gasteiger partial charge in [0, 0.05) is 5.69 Å². The van der Waals surface area contributed by atoms with Crippen LogP contribution in [-0.4, -0.2) is 11.9 Å². The van der Waals surface area contributed by atoms with E-state index in [4.69, 9.17) is 5.73 Å². The number of benzene rings is 2. The van der Waals surface area contributed by atoms with Gasteiger partial charge in [-0.25, -0.2) is 4.79 Å². The van der Waals surface area contributed by atoms with Crippen LogP contribution in [-0.2, 0) is 17.6 Å². The fourth-order valence-electron chi connectivity index (χ4n) is 3.67. The molecule has 1 unspecified atom stereocenters. The third-order valence-corrected chi connectivity index (χ3v) is 4.94. The number of rotatable bonds is 5. The molecule has 0 fully saturated rings. The monoisotopic (exact) mass is 351 g/mol. The normalized spacial score (nSPS) is 14.2. The van der Waals surface area contributed by atoms with Crippen molar-refractivity contribution >= 4 is 17.6 Å². The Morgan fingerprint density at radius 1 is 1.08 bits per heavy atom. The van der Waals surface area contributed by atoms with Gasteiger partial charge in [0.25, 0.3) is 0 Å². The van der Waals surface area contributed by atoms with Crippen LogP contribution < -0.4 is 16.4 Å². The van der Waals surface area contributed by atoms with E-state index >= 15 is 0 Å². The maximum absolute atomic E-state index is 12.7. The number of aryl methyl sites for hydroxylation is 2. The van der Waals surface area contributed by atoms with Gasteiger partial charge in [0.05, 0.1) is 12.5 Å². The zero-order chi connectivity index (χ0) is 18.5. The standard InChI is InChI=1S/C21H25N3O2/c1-14-7-2-4-10-16(14)19(24-21(22)26)13-20(25)23-18-12-6-9-15-8-3-5-11-17(15)18/h2,4,6-7,9-10,12,19H,3,5,8,11,13H2,1H3,(H,23,25)(H3,22,24,26). The Kier molecular flexibility index (Phi) is 5.56. The maximum Gasteiger partial charge on any atom is 0.312 e. The van der Waals surface area contributed by atoms with Crippen molar-refractivity contribution in [3.63, 3.8) is 0 Å². The molecule has 0 spiro atoms. The van der Waals surface area contributed by atoms with Crippen molar-refractivity contribution in [2.75, 3.05) is 5.32 Å². The molecule has 2 aromatic rings. The van der Waals surface area contributed by atoms with Crippen molar-refractivity contribution in [2.24, 2.45) is 5.73 Å². The molecule has 2 aromatic carbocycles. The summed E-state index contributed by atoms with van der Waals surface area (Å²) in [6.45, 7) is 1.95. The summed E-state index contributed by atoms with van der Waals surface area (Å²) in [7, 11) is 0. The molecule has 3 amide bonds. The number of hydrogen-bond donors (Lipinski definition) is 3. The fraction of sp³-hybridized carbons (Fsp3) is 0.333. The maximum atomic E-state index is 12.7. The minimum atomic E-state index is -0.636. The highest BCUT2D eigenvalue weighted by molar-refractivity contribution is 5.92. The van der Waals surface area contributed by atoms with E-state index in [-0.39, 0.29) is 12.3 Å². The molecule has 26 heavy (non-hydrogen) atoms. The molecule has 0 heterocycles. The van der Waals surface area contributed by atoms with Crippen LogP contribution in [0.15, 0.2) is 42.5 Å². The van der Waals surface area contributed by atoms with Gasteiger partial charge in [-0.05, 0) is 60.9 Å². The number of amides is 3. The number of anilines is 1. The first kappa shape index (κ1) is 18.0. The Hall–Kier alpha value is -2.82. The zero-order valence-corrected chi connectivity index (χ0v) is 15.0. The molecule has 0 saturated heterocycles. The molecule has 4 N–H and O–H groups in total. The molecule has 0 radical (unpaired) electrons. The lowest BCUT2D eigenvalue weighted by Crippen LogP contribution is -2.35. The third-order valence-electron chi connectivity index (χ3n) is 4.94. The SMILES string of the molecule is Cc1ccccc1C(CC(=O)Nc1cccc2c1CCCC2)NC(N)=O. The van der Waals surface area contributed by atoms with Crippen LogP contribution in [0.25, 0.3) is 0 Å². The number of nitrogens with two attached hydrogens (primary N) is 1. The summed E-state index contributed by atoms with van der Waals surface area (Å²) in [4.78, 5) is 24.1. The lowest BCUT2D eigenvalue weighted by molar-refractivity contribution is -0.116. The number of primary amides is 1. The summed E-state index contributed by atoms with van der Waals surface area (Å²) in [5.41, 5.74) is 10.7. The zero-order valence-electron chi connectivity index (χ0n) is 15.0. The van der Waals surface area contributed by atoms with Crippen molar-refractivity contribution in [3.8, 4) is 0 Å². The molecular weight excluding hydrogens is 326 g/mol. The molecule has 3 rings (SSSR count). The van der Waals surface area contributed by atoms with E-state index < -0.39 is 12.1 Å². The number of hydrogen-bond acceptors (Lipinski definition) is 2. The average Bonchev–Trinajstić information content (AvgIpc) is 2.61. The Labute approximate surface area is 154 Å². The molecule has 0 aromatic heterocycles. The fourth-order valence-corrected chi connectivity index (χ4v) is 3.67. The van der Waals surface area contributed by atoms with E-state index in [0.29, 0.717) is 0 Å². The van der Waals surface area contributed by atoms with Crippen LogP contribution in [0.2, 0.25) is 0 Å². The predicted octanol–water partition coefficient (Wildman–Crippen LogP) is 3.61. The van der Waals surface area contributed by atoms with Gasteiger partial charge in [-0.3, -0.25) is 4.79 Å². The van der Waals surface area contributed by atoms with Crippen LogP contribution in [0.4, 0.5) is 10.5 Å². The summed E-state index contributed by atoms with van der Waals surface area (Å²) in [6, 6.07) is 12.7. The lowest BCUT2D eigenvalue weighted by atomic mass is 9.90. The summed E-state index contributed by atoms with van der Waals surface area (Å²) in [5.74, 6) is -0.133. The van der Waals surface area contributed by atoms with E-state index in [9.17, 15) is 9.59 Å². The summed E-state index contributed by atoms with van der Waals surface area (Å²) in [6.07, 6.45) is 4.54. The summed E-state index contributed by atoms with van der Waals surface area (Å²) < 4.78 is 0. The van der Waals surface area contributed by atoms with Gasteiger partial charge in [0.1, 0.15) is 0 Å². The van der Waals surface area contributed by atoms with Crippen molar-refractivity contribution in [1.82, 2.24) is 5.32 Å². The number of nitrogens with one attached hydrogen (secondary N) is 2. The Balaban J connectivity index is 1.77. The Bertz CT molecular complexity index is 817. The lowest BCUT2D eigenvalue weighted by Gasteiger charge is -2.22. The predicted molar refractivity (Wildman–Crippen MR) is 103 cm³/mol. The third kappa shape index (κ3) is 4.23. The minimum Gasteiger partial charge on any atom is -0.352 e. The summed E-state index contributed by atoms with van der Waals surface area (Å²) >= 11 is 0. The molecule has 136 valence electrons. The molecule has 1 aliphatic carbocycles. The highest BCUT2D eigenvalue weighted by Crippen LogP contribution is 2.28. The highest BCUT2D eigenvalue weighted by atomic mass is 16.2. The molecule has 1 atom stereocenters. The largest absolute Gasteiger partial charge is 0.352 e. The Morgan fingerprint density at radius 3 is 2.62 bits per heavy atom. The van der Waals surface area contributed by atoms with Gasteiger partial charge < -0.3 is 16.4 Å². The quantitative estimate of drug-likeness (QED) is 0.769. The van der Waals surface area contributed by atoms with Gasteiger partial charge in [-0.2, -0.15) is 0 Å². The van der Waals surface area contributed by atoms with Gasteiger partial charge in [0.2, 0.25) is 5.91 Å². The topological polar surface area (TPSA) is 84.2 Å². The van der Waals surface area contributed by atoms with E-state index in [1.807, 2.05) is 43.3 Å². The number of carbonyl (C=O) groups excluding carboxylic acids is 2. The van der Waals surface area contributed by atoms with E-state index in [2.05, 4.69) is 16.7 Å². The van der Waals surface area contributed by atoms with Gasteiger partial charge >= 0.3 is 6.03 Å². The minimum absolute atomic E-state index is 0.133. The molecule has 0 aliphatic heterocycles. The smallest absolute Gasteiger partial charge is 0.312 e. The average molecular weight is 351 g/mol. The second kappa shape index (κ2) is 8.04. The number of carbonyl (C=O) groups is 2. The van der Waals surface area contributed by atoms with Gasteiger partial charge in [0.15, 0.2) is 0 Å². The van der Waals surface area contributed by atoms with Gasteiger partial charge in [-0.1, -0.05) is 36.4 Å². The van der Waals surface area contributed by atoms with Gasteiger partial charge in [-0.15, -0.1) is 0 Å². The first-order chi connectivity index (χ1) is 12.5. The molecular formula is C21H25N3O2. The van der Waals surface area contributed by atoms with E-state index in [0.717, 1.165) is 36.1 Å². The van der Waals surface area contributed by atoms with Crippen molar-refractivity contribution in [1.29, 1.82) is 0 Å². The van der Waals surface area contributed by atoms with Crippen LogP contribution >= 0.6 is 0 Å². The second-order valence-corrected chi connectivity index (χ2v) is 6.82. The molecule has 5 nitrogen and oxygen atoms in total. The van der Waals surface area contributed by atoms with E-state index in [1.54, 1.807) is 0 Å². The van der Waals surface area contributed by atoms with Crippen molar-refractivity contribution in [2.45, 2.75) is 45.1 Å². The molecule has 0 saturated carbocycles. The second-order valence-electron chi connectivity index (χ2n) is 6.82. The molecule has 1 aliphatic rings.